The van der Waals surface area contributed by atoms with Crippen LogP contribution in [0.1, 0.15) is 10.5 Å². The fourth-order valence-corrected chi connectivity index (χ4v) is 2.13. The second-order valence-electron chi connectivity index (χ2n) is 4.70. The lowest BCUT2D eigenvalue weighted by Crippen LogP contribution is -2.13. The van der Waals surface area contributed by atoms with Gasteiger partial charge in [0.1, 0.15) is 11.4 Å². The van der Waals surface area contributed by atoms with Gasteiger partial charge in [-0.1, -0.05) is 6.07 Å². The van der Waals surface area contributed by atoms with Crippen molar-refractivity contribution in [3.8, 4) is 17.2 Å². The van der Waals surface area contributed by atoms with Crippen molar-refractivity contribution in [3.05, 3.63) is 54.4 Å². The van der Waals surface area contributed by atoms with Gasteiger partial charge in [0.15, 0.2) is 11.5 Å². The van der Waals surface area contributed by atoms with Gasteiger partial charge in [-0.3, -0.25) is 9.48 Å². The highest BCUT2D eigenvalue weighted by atomic mass is 16.5. The van der Waals surface area contributed by atoms with Gasteiger partial charge in [-0.2, -0.15) is 5.10 Å². The first-order valence-corrected chi connectivity index (χ1v) is 6.70. The molecular formula is C16H15N3O3. The molecule has 3 aromatic rings. The van der Waals surface area contributed by atoms with Crippen molar-refractivity contribution in [1.29, 1.82) is 0 Å². The van der Waals surface area contributed by atoms with E-state index in [9.17, 15) is 4.79 Å². The van der Waals surface area contributed by atoms with E-state index in [1.807, 2.05) is 12.1 Å². The summed E-state index contributed by atoms with van der Waals surface area (Å²) in [5.74, 6) is 1.05. The third-order valence-corrected chi connectivity index (χ3v) is 3.21. The first-order chi connectivity index (χ1) is 10.7. The fourth-order valence-electron chi connectivity index (χ4n) is 2.13. The van der Waals surface area contributed by atoms with E-state index in [0.717, 1.165) is 5.69 Å². The Balaban J connectivity index is 1.82. The maximum absolute atomic E-state index is 12.3. The van der Waals surface area contributed by atoms with E-state index in [4.69, 9.17) is 9.15 Å². The zero-order valence-corrected chi connectivity index (χ0v) is 12.2. The smallest absolute Gasteiger partial charge is 0.276 e. The molecule has 0 unspecified atom stereocenters. The van der Waals surface area contributed by atoms with Crippen molar-refractivity contribution >= 4 is 11.6 Å². The number of methoxy groups -OCH3 is 1. The average Bonchev–Trinajstić information content (AvgIpc) is 3.16. The molecule has 112 valence electrons. The van der Waals surface area contributed by atoms with Crippen LogP contribution in [0.15, 0.2) is 53.1 Å². The SMILES string of the molecule is COc1cccc(NC(=O)c2cc(-c3ccco3)n(C)n2)c1. The number of benzene rings is 1. The van der Waals surface area contributed by atoms with Crippen molar-refractivity contribution in [2.75, 3.05) is 12.4 Å². The van der Waals surface area contributed by atoms with E-state index in [-0.39, 0.29) is 5.91 Å². The summed E-state index contributed by atoms with van der Waals surface area (Å²) < 4.78 is 12.1. The summed E-state index contributed by atoms with van der Waals surface area (Å²) in [5.41, 5.74) is 1.70. The molecule has 1 amide bonds. The summed E-state index contributed by atoms with van der Waals surface area (Å²) in [6.07, 6.45) is 1.58. The first kappa shape index (κ1) is 13.9. The standard InChI is InChI=1S/C16H15N3O3/c1-19-14(15-7-4-8-22-15)10-13(18-19)16(20)17-11-5-3-6-12(9-11)21-2/h3-10H,1-2H3,(H,17,20). The van der Waals surface area contributed by atoms with Gasteiger partial charge in [-0.15, -0.1) is 0 Å². The largest absolute Gasteiger partial charge is 0.497 e. The lowest BCUT2D eigenvalue weighted by Gasteiger charge is -2.05. The normalized spacial score (nSPS) is 10.5. The zero-order valence-electron chi connectivity index (χ0n) is 12.2. The highest BCUT2D eigenvalue weighted by Crippen LogP contribution is 2.21. The third kappa shape index (κ3) is 2.71. The van der Waals surface area contributed by atoms with E-state index in [1.165, 1.54) is 0 Å². The van der Waals surface area contributed by atoms with Crippen LogP contribution in [-0.4, -0.2) is 22.8 Å². The van der Waals surface area contributed by atoms with Crippen LogP contribution in [-0.2, 0) is 7.05 Å². The topological polar surface area (TPSA) is 69.3 Å². The van der Waals surface area contributed by atoms with E-state index in [0.29, 0.717) is 22.9 Å². The van der Waals surface area contributed by atoms with Crippen molar-refractivity contribution in [2.24, 2.45) is 7.05 Å². The number of amides is 1. The first-order valence-electron chi connectivity index (χ1n) is 6.70. The zero-order chi connectivity index (χ0) is 15.5. The van der Waals surface area contributed by atoms with E-state index < -0.39 is 0 Å². The summed E-state index contributed by atoms with van der Waals surface area (Å²) in [6.45, 7) is 0. The van der Waals surface area contributed by atoms with Gasteiger partial charge in [-0.05, 0) is 24.3 Å². The number of carbonyl (C=O) groups excluding carboxylic acids is 1. The van der Waals surface area contributed by atoms with E-state index in [2.05, 4.69) is 10.4 Å². The van der Waals surface area contributed by atoms with Crippen LogP contribution < -0.4 is 10.1 Å². The Morgan fingerprint density at radius 2 is 2.14 bits per heavy atom. The molecule has 6 heteroatoms. The number of aromatic nitrogens is 2. The second-order valence-corrected chi connectivity index (χ2v) is 4.70. The molecule has 2 aromatic heterocycles. The van der Waals surface area contributed by atoms with Gasteiger partial charge in [0.05, 0.1) is 13.4 Å². The molecule has 0 bridgehead atoms. The number of nitrogens with one attached hydrogen (secondary N) is 1. The molecule has 0 saturated heterocycles. The van der Waals surface area contributed by atoms with Crippen molar-refractivity contribution in [3.63, 3.8) is 0 Å². The quantitative estimate of drug-likeness (QED) is 0.804. The summed E-state index contributed by atoms with van der Waals surface area (Å²) in [6, 6.07) is 12.4. The number of ether oxygens (including phenoxy) is 1. The Morgan fingerprint density at radius 1 is 1.27 bits per heavy atom. The Bertz CT molecular complexity index is 791. The van der Waals surface area contributed by atoms with Crippen LogP contribution in [0.2, 0.25) is 0 Å². The summed E-state index contributed by atoms with van der Waals surface area (Å²) in [4.78, 5) is 12.3. The van der Waals surface area contributed by atoms with Gasteiger partial charge in [0.25, 0.3) is 5.91 Å². The Morgan fingerprint density at radius 3 is 2.86 bits per heavy atom. The van der Waals surface area contributed by atoms with Crippen LogP contribution >= 0.6 is 0 Å². The average molecular weight is 297 g/mol. The number of rotatable bonds is 4. The van der Waals surface area contributed by atoms with Crippen LogP contribution in [0.5, 0.6) is 5.75 Å². The molecule has 22 heavy (non-hydrogen) atoms. The van der Waals surface area contributed by atoms with Crippen LogP contribution in [0, 0.1) is 0 Å². The molecule has 0 atom stereocenters. The number of hydrogen-bond donors (Lipinski definition) is 1. The molecular weight excluding hydrogens is 282 g/mol. The molecule has 0 spiro atoms. The highest BCUT2D eigenvalue weighted by molar-refractivity contribution is 6.03. The molecule has 1 N–H and O–H groups in total. The molecule has 2 heterocycles. The van der Waals surface area contributed by atoms with Crippen LogP contribution in [0.25, 0.3) is 11.5 Å². The van der Waals surface area contributed by atoms with Gasteiger partial charge < -0.3 is 14.5 Å². The van der Waals surface area contributed by atoms with Crippen molar-refractivity contribution in [2.45, 2.75) is 0 Å². The second kappa shape index (κ2) is 5.77. The molecule has 1 aromatic carbocycles. The predicted octanol–water partition coefficient (Wildman–Crippen LogP) is 2.94. The lowest BCUT2D eigenvalue weighted by molar-refractivity contribution is 0.102. The molecule has 0 aliphatic heterocycles. The lowest BCUT2D eigenvalue weighted by atomic mass is 10.2. The number of hydrogen-bond acceptors (Lipinski definition) is 4. The van der Waals surface area contributed by atoms with Crippen molar-refractivity contribution in [1.82, 2.24) is 9.78 Å². The van der Waals surface area contributed by atoms with Gasteiger partial charge in [-0.25, -0.2) is 0 Å². The minimum absolute atomic E-state index is 0.290. The van der Waals surface area contributed by atoms with Crippen molar-refractivity contribution < 1.29 is 13.9 Å². The van der Waals surface area contributed by atoms with Crippen LogP contribution in [0.4, 0.5) is 5.69 Å². The number of anilines is 1. The summed E-state index contributed by atoms with van der Waals surface area (Å²) >= 11 is 0. The highest BCUT2D eigenvalue weighted by Gasteiger charge is 2.15. The number of carbonyl (C=O) groups is 1. The molecule has 0 radical (unpaired) electrons. The Hall–Kier alpha value is -3.02. The summed E-state index contributed by atoms with van der Waals surface area (Å²) in [5, 5.41) is 7.01. The molecule has 6 nitrogen and oxygen atoms in total. The molecule has 0 saturated carbocycles. The van der Waals surface area contributed by atoms with E-state index >= 15 is 0 Å². The van der Waals surface area contributed by atoms with Gasteiger partial charge >= 0.3 is 0 Å². The Kier molecular flexibility index (Phi) is 3.65. The fraction of sp³-hybridized carbons (Fsp3) is 0.125. The van der Waals surface area contributed by atoms with E-state index in [1.54, 1.807) is 55.4 Å². The molecule has 0 aliphatic rings. The maximum Gasteiger partial charge on any atom is 0.276 e. The predicted molar refractivity (Wildman–Crippen MR) is 81.9 cm³/mol. The van der Waals surface area contributed by atoms with Gasteiger partial charge in [0, 0.05) is 24.9 Å². The molecule has 0 aliphatic carbocycles. The number of aryl methyl sites for hydroxylation is 1. The molecule has 0 fully saturated rings. The van der Waals surface area contributed by atoms with Gasteiger partial charge in [0.2, 0.25) is 0 Å². The van der Waals surface area contributed by atoms with Crippen LogP contribution in [0.3, 0.4) is 0 Å². The summed E-state index contributed by atoms with van der Waals surface area (Å²) in [7, 11) is 3.34. The maximum atomic E-state index is 12.3. The molecule has 3 rings (SSSR count). The number of nitrogens with zero attached hydrogens (tertiary/aromatic N) is 2. The minimum atomic E-state index is -0.290. The number of furan rings is 1. The third-order valence-electron chi connectivity index (χ3n) is 3.21. The minimum Gasteiger partial charge on any atom is -0.497 e. The monoisotopic (exact) mass is 297 g/mol. The Labute approximate surface area is 127 Å².